The number of alkyl halides is 3. The van der Waals surface area contributed by atoms with Gasteiger partial charge in [-0.05, 0) is 36.4 Å². The van der Waals surface area contributed by atoms with Gasteiger partial charge in [0.25, 0.3) is 5.56 Å². The van der Waals surface area contributed by atoms with E-state index < -0.39 is 11.7 Å². The first-order valence-electron chi connectivity index (χ1n) is 12.0. The van der Waals surface area contributed by atoms with Crippen molar-refractivity contribution in [1.82, 2.24) is 24.6 Å². The Hall–Kier alpha value is -4.44. The predicted octanol–water partition coefficient (Wildman–Crippen LogP) is 5.46. The van der Waals surface area contributed by atoms with Gasteiger partial charge in [-0.1, -0.05) is 30.3 Å². The summed E-state index contributed by atoms with van der Waals surface area (Å²) < 4.78 is 46.2. The van der Waals surface area contributed by atoms with Gasteiger partial charge < -0.3 is 9.40 Å². The van der Waals surface area contributed by atoms with Crippen LogP contribution in [0.5, 0.6) is 0 Å². The van der Waals surface area contributed by atoms with Crippen molar-refractivity contribution in [3.63, 3.8) is 0 Å². The Balaban J connectivity index is 1.26. The van der Waals surface area contributed by atoms with Gasteiger partial charge in [0.05, 0.1) is 28.8 Å². The number of hydrogen-bond acceptors (Lipinski definition) is 5. The van der Waals surface area contributed by atoms with Gasteiger partial charge >= 0.3 is 6.18 Å². The predicted molar refractivity (Wildman–Crippen MR) is 134 cm³/mol. The molecule has 0 amide bonds. The first-order chi connectivity index (χ1) is 18.3. The van der Waals surface area contributed by atoms with E-state index in [9.17, 15) is 18.0 Å². The highest BCUT2D eigenvalue weighted by atomic mass is 19.4. The minimum atomic E-state index is -4.42. The Labute approximate surface area is 215 Å². The summed E-state index contributed by atoms with van der Waals surface area (Å²) in [5.74, 6) is 0.924. The van der Waals surface area contributed by atoms with Crippen molar-refractivity contribution in [2.75, 3.05) is 6.54 Å². The van der Waals surface area contributed by atoms with E-state index in [1.807, 2.05) is 53.3 Å². The Kier molecular flexibility index (Phi) is 5.96. The third kappa shape index (κ3) is 4.66. The van der Waals surface area contributed by atoms with E-state index in [-0.39, 0.29) is 11.4 Å². The number of H-pyrrole nitrogens is 1. The van der Waals surface area contributed by atoms with Crippen molar-refractivity contribution in [3.05, 3.63) is 112 Å². The highest BCUT2D eigenvalue weighted by Crippen LogP contribution is 2.31. The zero-order valence-electron chi connectivity index (χ0n) is 20.1. The number of para-hydroxylation sites is 1. The van der Waals surface area contributed by atoms with Crippen molar-refractivity contribution in [1.29, 1.82) is 0 Å². The Morgan fingerprint density at radius 1 is 1.00 bits per heavy atom. The van der Waals surface area contributed by atoms with Gasteiger partial charge in [-0.25, -0.2) is 9.67 Å². The molecule has 0 saturated carbocycles. The summed E-state index contributed by atoms with van der Waals surface area (Å²) in [5, 5.41) is 4.76. The highest BCUT2D eigenvalue weighted by molar-refractivity contribution is 5.58. The van der Waals surface area contributed by atoms with Crippen LogP contribution in [0.2, 0.25) is 0 Å². The van der Waals surface area contributed by atoms with Crippen molar-refractivity contribution in [3.8, 4) is 28.5 Å². The number of nitrogens with zero attached hydrogens (tertiary/aromatic N) is 4. The molecule has 38 heavy (non-hydrogen) atoms. The molecule has 1 aliphatic rings. The number of nitrogens with one attached hydrogen (secondary N) is 1. The van der Waals surface area contributed by atoms with Crippen LogP contribution in [0, 0.1) is 0 Å². The molecule has 0 saturated heterocycles. The third-order valence-corrected chi connectivity index (χ3v) is 6.59. The molecule has 2 aromatic carbocycles. The second-order valence-corrected chi connectivity index (χ2v) is 9.14. The minimum absolute atomic E-state index is 0.264. The lowest BCUT2D eigenvalue weighted by molar-refractivity contribution is -0.137. The molecule has 0 radical (unpaired) electrons. The summed E-state index contributed by atoms with van der Waals surface area (Å²) >= 11 is 0. The lowest BCUT2D eigenvalue weighted by Gasteiger charge is -2.27. The Bertz CT molecular complexity index is 1620. The fourth-order valence-electron chi connectivity index (χ4n) is 4.67. The molecule has 0 spiro atoms. The van der Waals surface area contributed by atoms with Crippen LogP contribution in [0.15, 0.2) is 88.4 Å². The molecule has 5 aromatic rings. The summed E-state index contributed by atoms with van der Waals surface area (Å²) in [6.07, 6.45) is -0.307. The lowest BCUT2D eigenvalue weighted by Crippen LogP contribution is -2.35. The molecule has 192 valence electrons. The maximum atomic E-state index is 13.0. The summed E-state index contributed by atoms with van der Waals surface area (Å²) in [4.78, 5) is 22.5. The number of fused-ring (bicyclic) bond motifs is 1. The van der Waals surface area contributed by atoms with Gasteiger partial charge in [-0.15, -0.1) is 0 Å². The van der Waals surface area contributed by atoms with E-state index in [1.54, 1.807) is 6.26 Å². The summed E-state index contributed by atoms with van der Waals surface area (Å²) in [7, 11) is 0. The van der Waals surface area contributed by atoms with Gasteiger partial charge in [0.1, 0.15) is 11.5 Å². The number of hydrogen-bond donors (Lipinski definition) is 1. The first kappa shape index (κ1) is 23.9. The summed E-state index contributed by atoms with van der Waals surface area (Å²) in [6, 6.07) is 18.1. The third-order valence-electron chi connectivity index (χ3n) is 6.59. The molecule has 0 atom stereocenters. The number of aromatic nitrogens is 4. The molecular formula is C28H22F3N5O2. The molecule has 1 N–H and O–H groups in total. The SMILES string of the molecule is O=c1[nH]c(-c2ccc(C(F)(F)F)cc2)nc2c1CN(Cc1cn(-c3ccccc3)nc1-c1ccco1)CC2. The largest absolute Gasteiger partial charge is 0.463 e. The normalized spacial score (nSPS) is 14.0. The van der Waals surface area contributed by atoms with Gasteiger partial charge in [-0.3, -0.25) is 9.69 Å². The number of rotatable bonds is 5. The van der Waals surface area contributed by atoms with Gasteiger partial charge in [-0.2, -0.15) is 18.3 Å². The Morgan fingerprint density at radius 3 is 2.50 bits per heavy atom. The van der Waals surface area contributed by atoms with Crippen LogP contribution in [0.25, 0.3) is 28.5 Å². The van der Waals surface area contributed by atoms with Crippen LogP contribution in [0.1, 0.15) is 22.4 Å². The standard InChI is InChI=1S/C28H22F3N5O2/c29-28(30,31)20-10-8-18(9-11-20)26-32-23-12-13-35(17-22(23)27(37)33-26)15-19-16-36(21-5-2-1-3-6-21)34-25(19)24-7-4-14-38-24/h1-11,14,16H,12-13,15,17H2,(H,32,33,37). The van der Waals surface area contributed by atoms with Crippen LogP contribution in [-0.4, -0.2) is 31.2 Å². The van der Waals surface area contributed by atoms with Crippen LogP contribution in [0.3, 0.4) is 0 Å². The van der Waals surface area contributed by atoms with Gasteiger partial charge in [0, 0.05) is 43.4 Å². The van der Waals surface area contributed by atoms with Crippen LogP contribution < -0.4 is 5.56 Å². The first-order valence-corrected chi connectivity index (χ1v) is 12.0. The van der Waals surface area contributed by atoms with Crippen molar-refractivity contribution < 1.29 is 17.6 Å². The van der Waals surface area contributed by atoms with Crippen LogP contribution in [0.4, 0.5) is 13.2 Å². The number of halogens is 3. The molecule has 0 unspecified atom stereocenters. The smallest absolute Gasteiger partial charge is 0.416 e. The van der Waals surface area contributed by atoms with E-state index in [1.165, 1.54) is 12.1 Å². The molecule has 6 rings (SSSR count). The molecule has 0 fully saturated rings. The van der Waals surface area contributed by atoms with E-state index in [2.05, 4.69) is 14.9 Å². The van der Waals surface area contributed by atoms with E-state index in [0.717, 1.165) is 29.1 Å². The van der Waals surface area contributed by atoms with E-state index >= 15 is 0 Å². The number of aromatic amines is 1. The Morgan fingerprint density at radius 2 is 1.79 bits per heavy atom. The highest BCUT2D eigenvalue weighted by Gasteiger charge is 2.30. The second-order valence-electron chi connectivity index (χ2n) is 9.14. The molecule has 10 heteroatoms. The lowest BCUT2D eigenvalue weighted by atomic mass is 10.0. The molecule has 7 nitrogen and oxygen atoms in total. The van der Waals surface area contributed by atoms with Gasteiger partial charge in [0.15, 0.2) is 5.76 Å². The van der Waals surface area contributed by atoms with Crippen molar-refractivity contribution in [2.45, 2.75) is 25.7 Å². The maximum absolute atomic E-state index is 13.0. The number of furan rings is 1. The minimum Gasteiger partial charge on any atom is -0.463 e. The van der Waals surface area contributed by atoms with E-state index in [4.69, 9.17) is 9.52 Å². The van der Waals surface area contributed by atoms with E-state index in [0.29, 0.717) is 48.6 Å². The zero-order chi connectivity index (χ0) is 26.3. The topological polar surface area (TPSA) is 80.0 Å². The fraction of sp³-hybridized carbons (Fsp3) is 0.179. The molecule has 4 heterocycles. The molecule has 3 aromatic heterocycles. The molecule has 1 aliphatic heterocycles. The van der Waals surface area contributed by atoms with Crippen LogP contribution >= 0.6 is 0 Å². The summed E-state index contributed by atoms with van der Waals surface area (Å²) in [5.41, 5.74) is 3.21. The molecular weight excluding hydrogens is 495 g/mol. The summed E-state index contributed by atoms with van der Waals surface area (Å²) in [6.45, 7) is 1.59. The average molecular weight is 518 g/mol. The second kappa shape index (κ2) is 9.46. The average Bonchev–Trinajstić information content (AvgIpc) is 3.59. The van der Waals surface area contributed by atoms with Crippen molar-refractivity contribution in [2.24, 2.45) is 0 Å². The monoisotopic (exact) mass is 517 g/mol. The van der Waals surface area contributed by atoms with Crippen LogP contribution in [-0.2, 0) is 25.7 Å². The fourth-order valence-corrected chi connectivity index (χ4v) is 4.67. The zero-order valence-corrected chi connectivity index (χ0v) is 20.1. The molecule has 0 aliphatic carbocycles. The number of benzene rings is 2. The quantitative estimate of drug-likeness (QED) is 0.335. The van der Waals surface area contributed by atoms with Crippen molar-refractivity contribution >= 4 is 0 Å². The van der Waals surface area contributed by atoms with Gasteiger partial charge in [0.2, 0.25) is 0 Å². The maximum Gasteiger partial charge on any atom is 0.416 e. The molecule has 0 bridgehead atoms.